The fraction of sp³-hybridized carbons (Fsp3) is 0. The van der Waals surface area contributed by atoms with Gasteiger partial charge in [0.15, 0.2) is 5.65 Å². The molecule has 0 saturated heterocycles. The summed E-state index contributed by atoms with van der Waals surface area (Å²) >= 11 is 0. The van der Waals surface area contributed by atoms with E-state index in [0.717, 1.165) is 5.69 Å². The van der Waals surface area contributed by atoms with Crippen LogP contribution in [0.1, 0.15) is 0 Å². The molecule has 0 atom stereocenters. The Bertz CT molecular complexity index is 965. The monoisotopic (exact) mass is 303 g/mol. The van der Waals surface area contributed by atoms with Crippen LogP contribution in [0, 0.1) is 0 Å². The molecule has 4 rings (SSSR count). The van der Waals surface area contributed by atoms with E-state index in [9.17, 15) is 0 Å². The van der Waals surface area contributed by atoms with Crippen LogP contribution in [0.5, 0.6) is 11.6 Å². The van der Waals surface area contributed by atoms with Crippen LogP contribution in [0.15, 0.2) is 67.0 Å². The minimum atomic E-state index is 0.399. The highest BCUT2D eigenvalue weighted by atomic mass is 16.5. The third-order valence-electron chi connectivity index (χ3n) is 3.33. The number of nitrogens with two attached hydrogens (primary N) is 1. The number of hydrogen-bond donors (Lipinski definition) is 1. The predicted octanol–water partition coefficient (Wildman–Crippen LogP) is 3.19. The van der Waals surface area contributed by atoms with Crippen molar-refractivity contribution in [3.8, 4) is 17.3 Å². The zero-order valence-electron chi connectivity index (χ0n) is 12.1. The van der Waals surface area contributed by atoms with Gasteiger partial charge in [-0.1, -0.05) is 24.3 Å². The van der Waals surface area contributed by atoms with Gasteiger partial charge < -0.3 is 10.5 Å². The molecular formula is C17H13N5O. The molecule has 6 nitrogen and oxygen atoms in total. The van der Waals surface area contributed by atoms with Crippen LogP contribution >= 0.6 is 0 Å². The molecule has 0 unspecified atom stereocenters. The van der Waals surface area contributed by atoms with Crippen molar-refractivity contribution in [1.29, 1.82) is 0 Å². The Labute approximate surface area is 132 Å². The first kappa shape index (κ1) is 13.3. The van der Waals surface area contributed by atoms with E-state index >= 15 is 0 Å². The van der Waals surface area contributed by atoms with E-state index in [1.165, 1.54) is 0 Å². The third-order valence-corrected chi connectivity index (χ3v) is 3.33. The van der Waals surface area contributed by atoms with Crippen molar-refractivity contribution in [2.24, 2.45) is 0 Å². The molecule has 0 fully saturated rings. The smallest absolute Gasteiger partial charge is 0.238 e. The van der Waals surface area contributed by atoms with Gasteiger partial charge in [0.1, 0.15) is 11.3 Å². The second-order valence-corrected chi connectivity index (χ2v) is 4.98. The van der Waals surface area contributed by atoms with Crippen molar-refractivity contribution < 1.29 is 4.74 Å². The molecule has 2 N–H and O–H groups in total. The fourth-order valence-electron chi connectivity index (χ4n) is 2.30. The molecule has 0 aliphatic rings. The maximum atomic E-state index is 5.74. The van der Waals surface area contributed by atoms with Crippen LogP contribution in [-0.2, 0) is 0 Å². The number of rotatable bonds is 3. The summed E-state index contributed by atoms with van der Waals surface area (Å²) in [6.07, 6.45) is 3.24. The average molecular weight is 303 g/mol. The predicted molar refractivity (Wildman–Crippen MR) is 87.6 cm³/mol. The van der Waals surface area contributed by atoms with E-state index < -0.39 is 0 Å². The molecule has 2 aromatic carbocycles. The number of nitrogens with zero attached hydrogens (tertiary/aromatic N) is 4. The second-order valence-electron chi connectivity index (χ2n) is 4.98. The Balaban J connectivity index is 1.70. The molecule has 0 aliphatic carbocycles. The molecule has 0 spiro atoms. The van der Waals surface area contributed by atoms with Gasteiger partial charge in [-0.3, -0.25) is 0 Å². The molecule has 2 heterocycles. The van der Waals surface area contributed by atoms with E-state index in [-0.39, 0.29) is 0 Å². The number of fused-ring (bicyclic) bond motifs is 1. The van der Waals surface area contributed by atoms with Gasteiger partial charge >= 0.3 is 0 Å². The Morgan fingerprint density at radius 3 is 2.65 bits per heavy atom. The van der Waals surface area contributed by atoms with Crippen LogP contribution in [-0.4, -0.2) is 19.7 Å². The Kier molecular flexibility index (Phi) is 3.12. The third kappa shape index (κ3) is 2.57. The van der Waals surface area contributed by atoms with E-state index in [1.54, 1.807) is 29.2 Å². The largest absolute Gasteiger partial charge is 0.437 e. The van der Waals surface area contributed by atoms with Gasteiger partial charge in [-0.05, 0) is 24.3 Å². The molecule has 0 aliphatic heterocycles. The average Bonchev–Trinajstić information content (AvgIpc) is 2.99. The van der Waals surface area contributed by atoms with E-state index in [2.05, 4.69) is 15.1 Å². The summed E-state index contributed by atoms with van der Waals surface area (Å²) < 4.78 is 7.43. The van der Waals surface area contributed by atoms with Gasteiger partial charge in [-0.15, -0.1) is 0 Å². The van der Waals surface area contributed by atoms with Crippen LogP contribution in [0.25, 0.3) is 16.9 Å². The summed E-state index contributed by atoms with van der Waals surface area (Å²) in [5.74, 6) is 1.02. The number of anilines is 1. The van der Waals surface area contributed by atoms with E-state index in [0.29, 0.717) is 28.5 Å². The molecular weight excluding hydrogens is 290 g/mol. The summed E-state index contributed by atoms with van der Waals surface area (Å²) in [6, 6.07) is 17.0. The quantitative estimate of drug-likeness (QED) is 0.588. The van der Waals surface area contributed by atoms with Gasteiger partial charge in [0, 0.05) is 11.8 Å². The Morgan fingerprint density at radius 2 is 1.83 bits per heavy atom. The normalized spacial score (nSPS) is 10.8. The topological polar surface area (TPSA) is 78.9 Å². The number of aromatic nitrogens is 4. The number of para-hydroxylation sites is 1. The zero-order chi connectivity index (χ0) is 15.6. The van der Waals surface area contributed by atoms with Crippen LogP contribution in [0.3, 0.4) is 0 Å². The maximum Gasteiger partial charge on any atom is 0.238 e. The number of benzene rings is 2. The number of hydrogen-bond acceptors (Lipinski definition) is 5. The highest BCUT2D eigenvalue weighted by molar-refractivity contribution is 5.72. The van der Waals surface area contributed by atoms with Crippen molar-refractivity contribution in [2.45, 2.75) is 0 Å². The summed E-state index contributed by atoms with van der Waals surface area (Å²) in [7, 11) is 0. The lowest BCUT2D eigenvalue weighted by atomic mass is 10.3. The fourth-order valence-corrected chi connectivity index (χ4v) is 2.30. The molecule has 0 bridgehead atoms. The van der Waals surface area contributed by atoms with Crippen LogP contribution < -0.4 is 10.5 Å². The molecule has 0 saturated carbocycles. The van der Waals surface area contributed by atoms with E-state index in [4.69, 9.17) is 10.5 Å². The van der Waals surface area contributed by atoms with Crippen molar-refractivity contribution in [3.05, 3.63) is 67.0 Å². The summed E-state index contributed by atoms with van der Waals surface area (Å²) in [5.41, 5.74) is 8.64. The first-order valence-corrected chi connectivity index (χ1v) is 7.09. The number of ether oxygens (including phenoxy) is 1. The lowest BCUT2D eigenvalue weighted by molar-refractivity contribution is 0.463. The minimum absolute atomic E-state index is 0.399. The number of nitrogen functional groups attached to an aromatic ring is 1. The van der Waals surface area contributed by atoms with E-state index in [1.807, 2.05) is 42.5 Å². The van der Waals surface area contributed by atoms with Gasteiger partial charge in [-0.2, -0.15) is 5.10 Å². The highest BCUT2D eigenvalue weighted by Gasteiger charge is 2.09. The SMILES string of the molecule is Nc1cccc(Oc2cnc3c(cnn3-c3ccccc3)n2)c1. The van der Waals surface area contributed by atoms with Gasteiger partial charge in [0.2, 0.25) is 5.88 Å². The lowest BCUT2D eigenvalue weighted by Crippen LogP contribution is -1.98. The molecule has 2 aromatic heterocycles. The molecule has 23 heavy (non-hydrogen) atoms. The van der Waals surface area contributed by atoms with Crippen LogP contribution in [0.4, 0.5) is 5.69 Å². The molecule has 0 amide bonds. The molecule has 4 aromatic rings. The van der Waals surface area contributed by atoms with Crippen LogP contribution in [0.2, 0.25) is 0 Å². The first-order chi connectivity index (χ1) is 11.3. The Morgan fingerprint density at radius 1 is 0.957 bits per heavy atom. The molecule has 6 heteroatoms. The van der Waals surface area contributed by atoms with Gasteiger partial charge in [0.25, 0.3) is 0 Å². The lowest BCUT2D eigenvalue weighted by Gasteiger charge is -2.05. The van der Waals surface area contributed by atoms with Crippen molar-refractivity contribution in [3.63, 3.8) is 0 Å². The van der Waals surface area contributed by atoms with Gasteiger partial charge in [0.05, 0.1) is 18.1 Å². The van der Waals surface area contributed by atoms with Crippen molar-refractivity contribution in [2.75, 3.05) is 5.73 Å². The zero-order valence-corrected chi connectivity index (χ0v) is 12.1. The Hall–Kier alpha value is -3.41. The second kappa shape index (κ2) is 5.42. The van der Waals surface area contributed by atoms with Crippen molar-refractivity contribution in [1.82, 2.24) is 19.7 Å². The summed E-state index contributed by atoms with van der Waals surface area (Å²) in [5, 5.41) is 4.34. The summed E-state index contributed by atoms with van der Waals surface area (Å²) in [4.78, 5) is 8.86. The molecule has 0 radical (unpaired) electrons. The first-order valence-electron chi connectivity index (χ1n) is 7.09. The molecule has 112 valence electrons. The standard InChI is InChI=1S/C17H13N5O/c18-12-5-4-8-14(9-12)23-16-11-19-17-15(21-16)10-20-22(17)13-6-2-1-3-7-13/h1-11H,18H2. The highest BCUT2D eigenvalue weighted by Crippen LogP contribution is 2.23. The minimum Gasteiger partial charge on any atom is -0.437 e. The maximum absolute atomic E-state index is 5.74. The summed E-state index contributed by atoms with van der Waals surface area (Å²) in [6.45, 7) is 0. The van der Waals surface area contributed by atoms with Gasteiger partial charge in [-0.25, -0.2) is 14.6 Å². The van der Waals surface area contributed by atoms with Crippen molar-refractivity contribution >= 4 is 16.9 Å².